The quantitative estimate of drug-likeness (QED) is 0.563. The van der Waals surface area contributed by atoms with E-state index in [1.807, 2.05) is 0 Å². The largest absolute Gasteiger partial charge is 0.0642 e. The molecule has 0 aromatic rings. The Labute approximate surface area is 89.1 Å². The first kappa shape index (κ1) is 11.6. The van der Waals surface area contributed by atoms with E-state index in [1.165, 1.54) is 12.0 Å². The molecule has 0 aliphatic heterocycles. The molecule has 80 valence electrons. The lowest BCUT2D eigenvalue weighted by molar-refractivity contribution is 0.353. The first-order valence-corrected chi connectivity index (χ1v) is 5.64. The summed E-state index contributed by atoms with van der Waals surface area (Å²) < 4.78 is 0. The zero-order valence-corrected chi connectivity index (χ0v) is 10.8. The Balaban J connectivity index is 3.21. The summed E-state index contributed by atoms with van der Waals surface area (Å²) in [5, 5.41) is 0. The predicted molar refractivity (Wildman–Crippen MR) is 64.3 cm³/mol. The van der Waals surface area contributed by atoms with Gasteiger partial charge in [-0.2, -0.15) is 0 Å². The second-order valence-electron chi connectivity index (χ2n) is 5.80. The SMILES string of the molecule is CCC1(C)C(C(C)(C)C)=CC(C)=C1C. The van der Waals surface area contributed by atoms with Crippen LogP contribution in [0, 0.1) is 10.8 Å². The fourth-order valence-electron chi connectivity index (χ4n) is 2.62. The number of rotatable bonds is 1. The zero-order valence-electron chi connectivity index (χ0n) is 10.8. The zero-order chi connectivity index (χ0) is 11.1. The maximum absolute atomic E-state index is 2.40. The molecule has 14 heavy (non-hydrogen) atoms. The predicted octanol–water partition coefficient (Wildman–Crippen LogP) is 4.73. The molecule has 0 amide bonds. The first-order valence-electron chi connectivity index (χ1n) is 5.64. The van der Waals surface area contributed by atoms with Crippen molar-refractivity contribution >= 4 is 0 Å². The highest BCUT2D eigenvalue weighted by atomic mass is 14.4. The van der Waals surface area contributed by atoms with E-state index >= 15 is 0 Å². The van der Waals surface area contributed by atoms with Gasteiger partial charge in [-0.3, -0.25) is 0 Å². The third-order valence-corrected chi connectivity index (χ3v) is 3.89. The Morgan fingerprint density at radius 3 is 2.00 bits per heavy atom. The summed E-state index contributed by atoms with van der Waals surface area (Å²) in [6, 6.07) is 0. The van der Waals surface area contributed by atoms with E-state index in [0.29, 0.717) is 10.8 Å². The molecule has 0 nitrogen and oxygen atoms in total. The van der Waals surface area contributed by atoms with Crippen LogP contribution in [0.15, 0.2) is 22.8 Å². The molecule has 0 saturated heterocycles. The van der Waals surface area contributed by atoms with Crippen molar-refractivity contribution in [1.82, 2.24) is 0 Å². The van der Waals surface area contributed by atoms with E-state index in [1.54, 1.807) is 11.1 Å². The van der Waals surface area contributed by atoms with Gasteiger partial charge in [0.15, 0.2) is 0 Å². The van der Waals surface area contributed by atoms with Gasteiger partial charge in [-0.25, -0.2) is 0 Å². The van der Waals surface area contributed by atoms with Crippen molar-refractivity contribution in [2.45, 2.75) is 54.9 Å². The molecule has 1 unspecified atom stereocenters. The molecule has 0 radical (unpaired) electrons. The molecule has 1 atom stereocenters. The molecule has 0 heteroatoms. The van der Waals surface area contributed by atoms with E-state index in [-0.39, 0.29) is 0 Å². The van der Waals surface area contributed by atoms with Gasteiger partial charge in [0.1, 0.15) is 0 Å². The molecule has 0 bridgehead atoms. The smallest absolute Gasteiger partial charge is 0.0101 e. The molecule has 0 aromatic carbocycles. The molecular formula is C14H24. The van der Waals surface area contributed by atoms with E-state index in [9.17, 15) is 0 Å². The van der Waals surface area contributed by atoms with Crippen LogP contribution in [0.2, 0.25) is 0 Å². The lowest BCUT2D eigenvalue weighted by Crippen LogP contribution is -2.26. The van der Waals surface area contributed by atoms with E-state index in [2.05, 4.69) is 54.5 Å². The van der Waals surface area contributed by atoms with Crippen LogP contribution in [0.1, 0.15) is 54.9 Å². The van der Waals surface area contributed by atoms with Crippen molar-refractivity contribution in [2.75, 3.05) is 0 Å². The maximum atomic E-state index is 2.40. The van der Waals surface area contributed by atoms with Gasteiger partial charge in [-0.05, 0) is 25.7 Å². The van der Waals surface area contributed by atoms with Crippen LogP contribution >= 0.6 is 0 Å². The fourth-order valence-corrected chi connectivity index (χ4v) is 2.62. The van der Waals surface area contributed by atoms with Crippen LogP contribution < -0.4 is 0 Å². The molecule has 1 aliphatic carbocycles. The molecule has 0 fully saturated rings. The molecule has 1 aliphatic rings. The van der Waals surface area contributed by atoms with Crippen LogP contribution in [0.4, 0.5) is 0 Å². The summed E-state index contributed by atoms with van der Waals surface area (Å²) in [6.07, 6.45) is 3.61. The van der Waals surface area contributed by atoms with Crippen molar-refractivity contribution in [1.29, 1.82) is 0 Å². The van der Waals surface area contributed by atoms with Gasteiger partial charge >= 0.3 is 0 Å². The summed E-state index contributed by atoms with van der Waals surface area (Å²) in [4.78, 5) is 0. The average Bonchev–Trinajstić information content (AvgIpc) is 2.30. The van der Waals surface area contributed by atoms with Crippen LogP contribution in [0.5, 0.6) is 0 Å². The van der Waals surface area contributed by atoms with E-state index in [0.717, 1.165) is 0 Å². The highest BCUT2D eigenvalue weighted by Crippen LogP contribution is 2.51. The minimum absolute atomic E-state index is 0.295. The molecule has 1 rings (SSSR count). The summed E-state index contributed by atoms with van der Waals surface area (Å²) in [7, 11) is 0. The summed E-state index contributed by atoms with van der Waals surface area (Å²) in [5.74, 6) is 0. The highest BCUT2D eigenvalue weighted by Gasteiger charge is 2.39. The molecule has 0 saturated carbocycles. The average molecular weight is 192 g/mol. The van der Waals surface area contributed by atoms with Gasteiger partial charge < -0.3 is 0 Å². The Morgan fingerprint density at radius 2 is 1.71 bits per heavy atom. The second-order valence-corrected chi connectivity index (χ2v) is 5.80. The van der Waals surface area contributed by atoms with Crippen LogP contribution in [0.25, 0.3) is 0 Å². The third kappa shape index (κ3) is 1.55. The van der Waals surface area contributed by atoms with Crippen molar-refractivity contribution in [3.8, 4) is 0 Å². The molecular weight excluding hydrogens is 168 g/mol. The van der Waals surface area contributed by atoms with Gasteiger partial charge in [0, 0.05) is 5.41 Å². The molecule has 0 spiro atoms. The van der Waals surface area contributed by atoms with Gasteiger partial charge in [-0.15, -0.1) is 0 Å². The van der Waals surface area contributed by atoms with Crippen LogP contribution in [-0.4, -0.2) is 0 Å². The monoisotopic (exact) mass is 192 g/mol. The van der Waals surface area contributed by atoms with E-state index in [4.69, 9.17) is 0 Å². The maximum Gasteiger partial charge on any atom is 0.0101 e. The first-order chi connectivity index (χ1) is 6.23. The summed E-state index contributed by atoms with van der Waals surface area (Å²) >= 11 is 0. The Bertz CT molecular complexity index is 296. The lowest BCUT2D eigenvalue weighted by Gasteiger charge is -2.37. The number of hydrogen-bond donors (Lipinski definition) is 0. The van der Waals surface area contributed by atoms with Crippen molar-refractivity contribution in [3.05, 3.63) is 22.8 Å². The fraction of sp³-hybridized carbons (Fsp3) is 0.714. The second kappa shape index (κ2) is 3.25. The molecule has 0 aromatic heterocycles. The Morgan fingerprint density at radius 1 is 1.21 bits per heavy atom. The Kier molecular flexibility index (Phi) is 2.69. The van der Waals surface area contributed by atoms with Gasteiger partial charge in [0.05, 0.1) is 0 Å². The van der Waals surface area contributed by atoms with Crippen LogP contribution in [0.3, 0.4) is 0 Å². The van der Waals surface area contributed by atoms with Crippen molar-refractivity contribution in [3.63, 3.8) is 0 Å². The standard InChI is InChI=1S/C14H24/c1-8-14(7)11(3)10(2)9-12(14)13(4,5)6/h9H,8H2,1-7H3. The summed E-state index contributed by atoms with van der Waals surface area (Å²) in [5.41, 5.74) is 5.23. The van der Waals surface area contributed by atoms with Crippen LogP contribution in [-0.2, 0) is 0 Å². The highest BCUT2D eigenvalue weighted by molar-refractivity contribution is 5.46. The van der Waals surface area contributed by atoms with Crippen molar-refractivity contribution in [2.24, 2.45) is 10.8 Å². The topological polar surface area (TPSA) is 0 Å². The summed E-state index contributed by atoms with van der Waals surface area (Å²) in [6.45, 7) is 16.2. The number of allylic oxidation sites excluding steroid dienone is 4. The lowest BCUT2D eigenvalue weighted by atomic mass is 9.68. The van der Waals surface area contributed by atoms with Gasteiger partial charge in [0.2, 0.25) is 0 Å². The van der Waals surface area contributed by atoms with E-state index < -0.39 is 0 Å². The van der Waals surface area contributed by atoms with Crippen molar-refractivity contribution < 1.29 is 0 Å². The number of hydrogen-bond acceptors (Lipinski definition) is 0. The molecule has 0 heterocycles. The Hall–Kier alpha value is -0.520. The molecule has 0 N–H and O–H groups in total. The minimum atomic E-state index is 0.295. The normalized spacial score (nSPS) is 28.4. The third-order valence-electron chi connectivity index (χ3n) is 3.89. The van der Waals surface area contributed by atoms with Gasteiger partial charge in [0.25, 0.3) is 0 Å². The minimum Gasteiger partial charge on any atom is -0.0642 e. The van der Waals surface area contributed by atoms with Gasteiger partial charge in [-0.1, -0.05) is 57.4 Å².